The molecule has 2 aromatic carbocycles. The molecule has 0 spiro atoms. The van der Waals surface area contributed by atoms with Gasteiger partial charge in [-0.05, 0) is 42.8 Å². The molecule has 136 valence electrons. The van der Waals surface area contributed by atoms with Crippen LogP contribution in [0.25, 0.3) is 11.3 Å². The number of hydrogen-bond donors (Lipinski definition) is 2. The van der Waals surface area contributed by atoms with Gasteiger partial charge >= 0.3 is 0 Å². The van der Waals surface area contributed by atoms with Crippen LogP contribution in [0.2, 0.25) is 5.02 Å². The second-order valence-corrected chi connectivity index (χ2v) is 6.75. The van der Waals surface area contributed by atoms with Crippen LogP contribution in [-0.2, 0) is 4.79 Å². The van der Waals surface area contributed by atoms with E-state index in [1.807, 2.05) is 24.3 Å². The number of carbonyl (C=O) groups excluding carboxylic acids is 2. The highest BCUT2D eigenvalue weighted by Crippen LogP contribution is 2.25. The van der Waals surface area contributed by atoms with Gasteiger partial charge in [0, 0.05) is 34.9 Å². The molecule has 3 aromatic rings. The number of halogens is 1. The molecular weight excluding hydrogens is 364 g/mol. The monoisotopic (exact) mass is 380 g/mol. The van der Waals surface area contributed by atoms with E-state index in [-0.39, 0.29) is 11.8 Å². The van der Waals surface area contributed by atoms with Crippen molar-refractivity contribution >= 4 is 34.8 Å². The van der Waals surface area contributed by atoms with E-state index >= 15 is 0 Å². The second kappa shape index (κ2) is 7.25. The standard InChI is InChI=1S/C20H17ClN4O2/c21-14-5-3-13(4-6-14)19-17(12-22-24-19)20(27)23-15-7-9-16(10-8-15)25-11-1-2-18(25)26/h3-10,12H,1-2,11H2,(H,22,24)(H,23,27). The molecule has 0 saturated carbocycles. The molecule has 0 unspecified atom stereocenters. The van der Waals surface area contributed by atoms with Crippen LogP contribution in [0.1, 0.15) is 23.2 Å². The number of nitrogens with zero attached hydrogens (tertiary/aromatic N) is 2. The van der Waals surface area contributed by atoms with Crippen molar-refractivity contribution in [3.63, 3.8) is 0 Å². The van der Waals surface area contributed by atoms with Crippen LogP contribution in [0, 0.1) is 0 Å². The molecular formula is C20H17ClN4O2. The van der Waals surface area contributed by atoms with Crippen molar-refractivity contribution in [2.45, 2.75) is 12.8 Å². The lowest BCUT2D eigenvalue weighted by Crippen LogP contribution is -2.23. The fourth-order valence-corrected chi connectivity index (χ4v) is 3.27. The van der Waals surface area contributed by atoms with Crippen molar-refractivity contribution < 1.29 is 9.59 Å². The van der Waals surface area contributed by atoms with E-state index in [4.69, 9.17) is 11.6 Å². The Kier molecular flexibility index (Phi) is 4.64. The second-order valence-electron chi connectivity index (χ2n) is 6.32. The number of amides is 2. The summed E-state index contributed by atoms with van der Waals surface area (Å²) < 4.78 is 0. The summed E-state index contributed by atoms with van der Waals surface area (Å²) in [6.45, 7) is 0.740. The molecule has 27 heavy (non-hydrogen) atoms. The number of aromatic amines is 1. The van der Waals surface area contributed by atoms with E-state index < -0.39 is 0 Å². The number of rotatable bonds is 4. The first-order chi connectivity index (χ1) is 13.1. The van der Waals surface area contributed by atoms with Crippen molar-refractivity contribution in [1.82, 2.24) is 10.2 Å². The maximum Gasteiger partial charge on any atom is 0.259 e. The van der Waals surface area contributed by atoms with Crippen LogP contribution < -0.4 is 10.2 Å². The zero-order chi connectivity index (χ0) is 18.8. The third kappa shape index (κ3) is 3.57. The fraction of sp³-hybridized carbons (Fsp3) is 0.150. The third-order valence-corrected chi connectivity index (χ3v) is 4.78. The van der Waals surface area contributed by atoms with Crippen molar-refractivity contribution in [2.75, 3.05) is 16.8 Å². The van der Waals surface area contributed by atoms with Gasteiger partial charge in [0.15, 0.2) is 0 Å². The van der Waals surface area contributed by atoms with Gasteiger partial charge in [-0.15, -0.1) is 0 Å². The van der Waals surface area contributed by atoms with Crippen LogP contribution in [-0.4, -0.2) is 28.6 Å². The zero-order valence-electron chi connectivity index (χ0n) is 14.4. The van der Waals surface area contributed by atoms with Gasteiger partial charge in [-0.1, -0.05) is 23.7 Å². The number of H-pyrrole nitrogens is 1. The lowest BCUT2D eigenvalue weighted by molar-refractivity contribution is -0.117. The SMILES string of the molecule is O=C(Nc1ccc(N2CCCC2=O)cc1)c1cn[nH]c1-c1ccc(Cl)cc1. The zero-order valence-corrected chi connectivity index (χ0v) is 15.2. The first-order valence-electron chi connectivity index (χ1n) is 8.63. The van der Waals surface area contributed by atoms with Crippen molar-refractivity contribution in [3.05, 3.63) is 65.3 Å². The molecule has 0 bridgehead atoms. The largest absolute Gasteiger partial charge is 0.322 e. The number of benzene rings is 2. The van der Waals surface area contributed by atoms with Gasteiger partial charge in [0.1, 0.15) is 0 Å². The number of nitrogens with one attached hydrogen (secondary N) is 2. The molecule has 6 nitrogen and oxygen atoms in total. The van der Waals surface area contributed by atoms with E-state index in [1.54, 1.807) is 29.2 Å². The van der Waals surface area contributed by atoms with Crippen LogP contribution in [0.5, 0.6) is 0 Å². The van der Waals surface area contributed by atoms with Crippen molar-refractivity contribution in [1.29, 1.82) is 0 Å². The normalized spacial score (nSPS) is 13.8. The molecule has 0 atom stereocenters. The summed E-state index contributed by atoms with van der Waals surface area (Å²) in [6, 6.07) is 14.4. The Morgan fingerprint density at radius 3 is 2.52 bits per heavy atom. The smallest absolute Gasteiger partial charge is 0.259 e. The van der Waals surface area contributed by atoms with Crippen LogP contribution in [0.15, 0.2) is 54.7 Å². The minimum atomic E-state index is -0.265. The maximum absolute atomic E-state index is 12.7. The lowest BCUT2D eigenvalue weighted by atomic mass is 10.1. The summed E-state index contributed by atoms with van der Waals surface area (Å²) in [6.07, 6.45) is 2.97. The summed E-state index contributed by atoms with van der Waals surface area (Å²) in [5.41, 5.74) is 3.39. The fourth-order valence-electron chi connectivity index (χ4n) is 3.14. The molecule has 1 aromatic heterocycles. The number of carbonyl (C=O) groups is 2. The predicted molar refractivity (Wildman–Crippen MR) is 105 cm³/mol. The summed E-state index contributed by atoms with van der Waals surface area (Å²) in [5.74, 6) is -0.128. The van der Waals surface area contributed by atoms with Gasteiger partial charge in [-0.25, -0.2) is 0 Å². The lowest BCUT2D eigenvalue weighted by Gasteiger charge is -2.16. The molecule has 2 amide bonds. The molecule has 0 radical (unpaired) electrons. The Hall–Kier alpha value is -3.12. The topological polar surface area (TPSA) is 78.1 Å². The number of aromatic nitrogens is 2. The van der Waals surface area contributed by atoms with Crippen LogP contribution in [0.4, 0.5) is 11.4 Å². The number of anilines is 2. The van der Waals surface area contributed by atoms with E-state index in [2.05, 4.69) is 15.5 Å². The molecule has 1 fully saturated rings. The van der Waals surface area contributed by atoms with E-state index in [0.29, 0.717) is 28.4 Å². The van der Waals surface area contributed by atoms with Gasteiger partial charge in [0.05, 0.1) is 17.5 Å². The molecule has 4 rings (SSSR count). The Morgan fingerprint density at radius 2 is 1.85 bits per heavy atom. The predicted octanol–water partition coefficient (Wildman–Crippen LogP) is 4.11. The molecule has 2 N–H and O–H groups in total. The minimum absolute atomic E-state index is 0.137. The Balaban J connectivity index is 1.51. The molecule has 1 aliphatic rings. The van der Waals surface area contributed by atoms with Gasteiger partial charge in [0.25, 0.3) is 5.91 Å². The summed E-state index contributed by atoms with van der Waals surface area (Å²) in [5, 5.41) is 10.3. The average Bonchev–Trinajstić information content (AvgIpc) is 3.32. The van der Waals surface area contributed by atoms with Crippen LogP contribution in [0.3, 0.4) is 0 Å². The Morgan fingerprint density at radius 1 is 1.11 bits per heavy atom. The summed E-state index contributed by atoms with van der Waals surface area (Å²) >= 11 is 5.92. The van der Waals surface area contributed by atoms with Crippen molar-refractivity contribution in [2.24, 2.45) is 0 Å². The first-order valence-corrected chi connectivity index (χ1v) is 9.01. The van der Waals surface area contributed by atoms with Crippen LogP contribution >= 0.6 is 11.6 Å². The maximum atomic E-state index is 12.7. The van der Waals surface area contributed by atoms with Gasteiger partial charge < -0.3 is 10.2 Å². The van der Waals surface area contributed by atoms with Gasteiger partial charge in [-0.2, -0.15) is 5.10 Å². The van der Waals surface area contributed by atoms with E-state index in [9.17, 15) is 9.59 Å². The number of hydrogen-bond acceptors (Lipinski definition) is 3. The summed E-state index contributed by atoms with van der Waals surface area (Å²) in [4.78, 5) is 26.3. The van der Waals surface area contributed by atoms with Gasteiger partial charge in [-0.3, -0.25) is 14.7 Å². The average molecular weight is 381 g/mol. The molecule has 1 aliphatic heterocycles. The molecule has 0 aliphatic carbocycles. The summed E-state index contributed by atoms with van der Waals surface area (Å²) in [7, 11) is 0. The highest BCUT2D eigenvalue weighted by molar-refractivity contribution is 6.30. The van der Waals surface area contributed by atoms with E-state index in [0.717, 1.165) is 24.2 Å². The highest BCUT2D eigenvalue weighted by Gasteiger charge is 2.21. The quantitative estimate of drug-likeness (QED) is 0.715. The van der Waals surface area contributed by atoms with E-state index in [1.165, 1.54) is 6.20 Å². The minimum Gasteiger partial charge on any atom is -0.322 e. The van der Waals surface area contributed by atoms with Gasteiger partial charge in [0.2, 0.25) is 5.91 Å². The first kappa shape index (κ1) is 17.3. The highest BCUT2D eigenvalue weighted by atomic mass is 35.5. The Labute approximate surface area is 161 Å². The molecule has 2 heterocycles. The third-order valence-electron chi connectivity index (χ3n) is 4.53. The Bertz CT molecular complexity index is 980. The van der Waals surface area contributed by atoms with Crippen molar-refractivity contribution in [3.8, 4) is 11.3 Å². The molecule has 7 heteroatoms. The molecule has 1 saturated heterocycles.